The molecule has 0 aliphatic rings. The molecular weight excluding hydrogens is 366 g/mol. The number of carbonyl (C=O) groups is 1. The minimum Gasteiger partial charge on any atom is -0.360 e. The molecule has 1 aromatic heterocycles. The lowest BCUT2D eigenvalue weighted by Gasteiger charge is -2.15. The largest absolute Gasteiger partial charge is 0.360 e. The summed E-state index contributed by atoms with van der Waals surface area (Å²) < 4.78 is 32.9. The van der Waals surface area contributed by atoms with Crippen molar-refractivity contribution in [3.8, 4) is 0 Å². The highest BCUT2D eigenvalue weighted by Crippen LogP contribution is 2.18. The van der Waals surface area contributed by atoms with Crippen LogP contribution in [0.1, 0.15) is 34.6 Å². The van der Waals surface area contributed by atoms with Gasteiger partial charge in [0, 0.05) is 17.7 Å². The SMILES string of the molecule is Cc1cc(NC(=O)c2cccc(S(=O)(=O)NC(C)c3ccccc3)c2)no1. The Morgan fingerprint density at radius 3 is 2.48 bits per heavy atom. The summed E-state index contributed by atoms with van der Waals surface area (Å²) in [6.07, 6.45) is 0. The van der Waals surface area contributed by atoms with E-state index in [4.69, 9.17) is 4.52 Å². The summed E-state index contributed by atoms with van der Waals surface area (Å²) in [7, 11) is -3.80. The molecule has 0 fully saturated rings. The summed E-state index contributed by atoms with van der Waals surface area (Å²) in [6, 6.07) is 16.2. The van der Waals surface area contributed by atoms with E-state index < -0.39 is 22.0 Å². The van der Waals surface area contributed by atoms with Gasteiger partial charge in [0.15, 0.2) is 5.82 Å². The fourth-order valence-corrected chi connectivity index (χ4v) is 3.81. The van der Waals surface area contributed by atoms with Gasteiger partial charge in [0.05, 0.1) is 4.90 Å². The smallest absolute Gasteiger partial charge is 0.256 e. The monoisotopic (exact) mass is 385 g/mol. The maximum absolute atomic E-state index is 12.7. The second-order valence-electron chi connectivity index (χ2n) is 6.06. The Morgan fingerprint density at radius 2 is 1.81 bits per heavy atom. The molecule has 0 aliphatic carbocycles. The van der Waals surface area contributed by atoms with Gasteiger partial charge in [0.1, 0.15) is 5.76 Å². The van der Waals surface area contributed by atoms with Crippen molar-refractivity contribution in [2.75, 3.05) is 5.32 Å². The molecule has 140 valence electrons. The van der Waals surface area contributed by atoms with E-state index >= 15 is 0 Å². The number of carbonyl (C=O) groups excluding carboxylic acids is 1. The molecule has 1 unspecified atom stereocenters. The Bertz CT molecular complexity index is 1050. The minimum atomic E-state index is -3.80. The van der Waals surface area contributed by atoms with Crippen molar-refractivity contribution in [3.63, 3.8) is 0 Å². The first-order chi connectivity index (χ1) is 12.8. The number of benzene rings is 2. The van der Waals surface area contributed by atoms with Crippen LogP contribution in [0, 0.1) is 6.92 Å². The molecule has 2 aromatic carbocycles. The number of rotatable bonds is 6. The first-order valence-electron chi connectivity index (χ1n) is 8.27. The van der Waals surface area contributed by atoms with Crippen LogP contribution in [-0.2, 0) is 10.0 Å². The molecule has 2 N–H and O–H groups in total. The molecule has 0 spiro atoms. The summed E-state index contributed by atoms with van der Waals surface area (Å²) in [5.74, 6) is 0.346. The van der Waals surface area contributed by atoms with Crippen LogP contribution < -0.4 is 10.0 Å². The van der Waals surface area contributed by atoms with Gasteiger partial charge in [-0.1, -0.05) is 41.6 Å². The molecule has 3 aromatic rings. The topological polar surface area (TPSA) is 101 Å². The molecule has 1 atom stereocenters. The zero-order chi connectivity index (χ0) is 19.4. The van der Waals surface area contributed by atoms with Gasteiger partial charge in [-0.25, -0.2) is 13.1 Å². The number of hydrogen-bond donors (Lipinski definition) is 2. The number of nitrogens with zero attached hydrogens (tertiary/aromatic N) is 1. The maximum atomic E-state index is 12.7. The van der Waals surface area contributed by atoms with Crippen molar-refractivity contribution in [2.24, 2.45) is 0 Å². The second kappa shape index (κ2) is 7.73. The van der Waals surface area contributed by atoms with Crippen molar-refractivity contribution in [1.29, 1.82) is 0 Å². The van der Waals surface area contributed by atoms with E-state index in [-0.39, 0.29) is 16.3 Å². The van der Waals surface area contributed by atoms with Crippen LogP contribution >= 0.6 is 0 Å². The van der Waals surface area contributed by atoms with Crippen molar-refractivity contribution in [3.05, 3.63) is 77.6 Å². The Labute approximate surface area is 157 Å². The van der Waals surface area contributed by atoms with E-state index in [1.54, 1.807) is 19.9 Å². The lowest BCUT2D eigenvalue weighted by atomic mass is 10.1. The fraction of sp³-hybridized carbons (Fsp3) is 0.158. The zero-order valence-electron chi connectivity index (χ0n) is 14.8. The summed E-state index contributed by atoms with van der Waals surface area (Å²) in [6.45, 7) is 3.46. The molecule has 0 saturated carbocycles. The maximum Gasteiger partial charge on any atom is 0.256 e. The zero-order valence-corrected chi connectivity index (χ0v) is 15.7. The van der Waals surface area contributed by atoms with E-state index in [0.29, 0.717) is 5.76 Å². The van der Waals surface area contributed by atoms with Crippen molar-refractivity contribution >= 4 is 21.7 Å². The first-order valence-corrected chi connectivity index (χ1v) is 9.75. The van der Waals surface area contributed by atoms with E-state index in [0.717, 1.165) is 5.56 Å². The minimum absolute atomic E-state index is 0.00858. The third kappa shape index (κ3) is 4.60. The summed E-state index contributed by atoms with van der Waals surface area (Å²) >= 11 is 0. The third-order valence-corrected chi connectivity index (χ3v) is 5.45. The van der Waals surface area contributed by atoms with Gasteiger partial charge < -0.3 is 9.84 Å². The highest BCUT2D eigenvalue weighted by Gasteiger charge is 2.20. The second-order valence-corrected chi connectivity index (χ2v) is 7.77. The third-order valence-electron chi connectivity index (χ3n) is 3.91. The van der Waals surface area contributed by atoms with Gasteiger partial charge in [-0.05, 0) is 37.6 Å². The molecule has 0 bridgehead atoms. The summed E-state index contributed by atoms with van der Waals surface area (Å²) in [5.41, 5.74) is 1.04. The lowest BCUT2D eigenvalue weighted by Crippen LogP contribution is -2.27. The van der Waals surface area contributed by atoms with Crippen LogP contribution in [0.15, 0.2) is 70.1 Å². The normalized spacial score (nSPS) is 12.5. The average molecular weight is 385 g/mol. The Hall–Kier alpha value is -2.97. The van der Waals surface area contributed by atoms with Gasteiger partial charge in [-0.3, -0.25) is 4.79 Å². The van der Waals surface area contributed by atoms with E-state index in [1.165, 1.54) is 24.3 Å². The molecule has 7 nitrogen and oxygen atoms in total. The van der Waals surface area contributed by atoms with Crippen LogP contribution in [0.5, 0.6) is 0 Å². The molecule has 0 aliphatic heterocycles. The van der Waals surface area contributed by atoms with E-state index in [9.17, 15) is 13.2 Å². The van der Waals surface area contributed by atoms with Crippen LogP contribution in [0.3, 0.4) is 0 Å². The predicted molar refractivity (Wildman–Crippen MR) is 101 cm³/mol. The van der Waals surface area contributed by atoms with Crippen LogP contribution in [0.25, 0.3) is 0 Å². The summed E-state index contributed by atoms with van der Waals surface area (Å²) in [4.78, 5) is 12.3. The van der Waals surface area contributed by atoms with Crippen molar-refractivity contribution < 1.29 is 17.7 Å². The Kier molecular flexibility index (Phi) is 5.38. The first kappa shape index (κ1) is 18.8. The van der Waals surface area contributed by atoms with Gasteiger partial charge in [0.2, 0.25) is 10.0 Å². The molecule has 0 radical (unpaired) electrons. The fourth-order valence-electron chi connectivity index (χ4n) is 2.53. The molecular formula is C19H19N3O4S. The Morgan fingerprint density at radius 1 is 1.07 bits per heavy atom. The standard InChI is InChI=1S/C19H19N3O4S/c1-13-11-18(21-26-13)20-19(23)16-9-6-10-17(12-16)27(24,25)22-14(2)15-7-4-3-5-8-15/h3-12,14,22H,1-2H3,(H,20,21,23). The van der Waals surface area contributed by atoms with E-state index in [1.807, 2.05) is 30.3 Å². The summed E-state index contributed by atoms with van der Waals surface area (Å²) in [5, 5.41) is 6.25. The van der Waals surface area contributed by atoms with Gasteiger partial charge >= 0.3 is 0 Å². The number of anilines is 1. The Balaban J connectivity index is 1.78. The van der Waals surface area contributed by atoms with Gasteiger partial charge in [-0.15, -0.1) is 0 Å². The molecule has 3 rings (SSSR count). The van der Waals surface area contributed by atoms with Crippen molar-refractivity contribution in [2.45, 2.75) is 24.8 Å². The van der Waals surface area contributed by atoms with Crippen LogP contribution in [0.2, 0.25) is 0 Å². The highest BCUT2D eigenvalue weighted by molar-refractivity contribution is 7.89. The number of sulfonamides is 1. The highest BCUT2D eigenvalue weighted by atomic mass is 32.2. The van der Waals surface area contributed by atoms with E-state index in [2.05, 4.69) is 15.2 Å². The quantitative estimate of drug-likeness (QED) is 0.678. The number of aryl methyl sites for hydroxylation is 1. The molecule has 1 amide bonds. The van der Waals surface area contributed by atoms with Gasteiger partial charge in [0.25, 0.3) is 5.91 Å². The number of amides is 1. The average Bonchev–Trinajstić information content (AvgIpc) is 3.07. The van der Waals surface area contributed by atoms with Crippen molar-refractivity contribution in [1.82, 2.24) is 9.88 Å². The van der Waals surface area contributed by atoms with Crippen LogP contribution in [0.4, 0.5) is 5.82 Å². The lowest BCUT2D eigenvalue weighted by molar-refractivity contribution is 0.102. The predicted octanol–water partition coefficient (Wildman–Crippen LogP) is 3.27. The number of hydrogen-bond acceptors (Lipinski definition) is 5. The molecule has 27 heavy (non-hydrogen) atoms. The molecule has 0 saturated heterocycles. The number of nitrogens with one attached hydrogen (secondary N) is 2. The van der Waals surface area contributed by atoms with Gasteiger partial charge in [-0.2, -0.15) is 0 Å². The van der Waals surface area contributed by atoms with Crippen LogP contribution in [-0.4, -0.2) is 19.5 Å². The number of aromatic nitrogens is 1. The molecule has 1 heterocycles. The molecule has 8 heteroatoms.